The van der Waals surface area contributed by atoms with E-state index in [1.165, 1.54) is 20.3 Å². The Balaban J connectivity index is 2.66. The first-order chi connectivity index (χ1) is 9.01. The fraction of sp³-hybridized carbons (Fsp3) is 0.167. The number of carbonyl (C=O) groups excluding carboxylic acids is 2. The summed E-state index contributed by atoms with van der Waals surface area (Å²) in [6.07, 6.45) is 0. The Hall–Kier alpha value is -2.70. The molecule has 0 saturated heterocycles. The van der Waals surface area contributed by atoms with Crippen molar-refractivity contribution in [1.29, 1.82) is 0 Å². The third-order valence-corrected chi connectivity index (χ3v) is 2.73. The number of hydrogen-bond donors (Lipinski definition) is 0. The second kappa shape index (κ2) is 4.52. The van der Waals surface area contributed by atoms with E-state index in [2.05, 4.69) is 0 Å². The molecule has 7 nitrogen and oxygen atoms in total. The molecule has 0 unspecified atom stereocenters. The maximum absolute atomic E-state index is 12.1. The monoisotopic (exact) mass is 263 g/mol. The standard InChI is InChI=1S/C12H9NO6/c1-18-11-9(14)7-4-3-6(13(16)17)5-8(7)10(15)12(11)19-2/h3-5H,1-2H3. The first-order valence-corrected chi connectivity index (χ1v) is 5.21. The topological polar surface area (TPSA) is 95.7 Å². The molecule has 1 aromatic rings. The van der Waals surface area contributed by atoms with Crippen LogP contribution in [-0.4, -0.2) is 30.7 Å². The molecule has 0 amide bonds. The minimum Gasteiger partial charge on any atom is -0.489 e. The number of fused-ring (bicyclic) bond motifs is 1. The zero-order valence-corrected chi connectivity index (χ0v) is 10.1. The summed E-state index contributed by atoms with van der Waals surface area (Å²) in [7, 11) is 2.47. The first-order valence-electron chi connectivity index (χ1n) is 5.21. The molecule has 1 aromatic carbocycles. The molecule has 0 radical (unpaired) electrons. The van der Waals surface area contributed by atoms with Crippen LogP contribution in [0.15, 0.2) is 29.7 Å². The van der Waals surface area contributed by atoms with Crippen molar-refractivity contribution in [3.8, 4) is 0 Å². The molecule has 1 aliphatic rings. The van der Waals surface area contributed by atoms with Crippen LogP contribution in [0.2, 0.25) is 0 Å². The molecular formula is C12H9NO6. The highest BCUT2D eigenvalue weighted by Gasteiger charge is 2.35. The third kappa shape index (κ3) is 1.85. The van der Waals surface area contributed by atoms with E-state index >= 15 is 0 Å². The van der Waals surface area contributed by atoms with Gasteiger partial charge in [0.2, 0.25) is 23.1 Å². The summed E-state index contributed by atoms with van der Waals surface area (Å²) >= 11 is 0. The summed E-state index contributed by atoms with van der Waals surface area (Å²) in [5, 5.41) is 10.7. The average molecular weight is 263 g/mol. The van der Waals surface area contributed by atoms with Crippen molar-refractivity contribution in [2.45, 2.75) is 0 Å². The molecule has 0 N–H and O–H groups in total. The Morgan fingerprint density at radius 1 is 1.00 bits per heavy atom. The van der Waals surface area contributed by atoms with Gasteiger partial charge >= 0.3 is 0 Å². The lowest BCUT2D eigenvalue weighted by atomic mass is 9.92. The normalized spacial score (nSPS) is 14.2. The molecular weight excluding hydrogens is 254 g/mol. The lowest BCUT2D eigenvalue weighted by Gasteiger charge is -2.18. The van der Waals surface area contributed by atoms with Crippen LogP contribution in [0.5, 0.6) is 0 Å². The smallest absolute Gasteiger partial charge is 0.270 e. The van der Waals surface area contributed by atoms with Crippen molar-refractivity contribution in [1.82, 2.24) is 0 Å². The maximum Gasteiger partial charge on any atom is 0.270 e. The van der Waals surface area contributed by atoms with Crippen LogP contribution >= 0.6 is 0 Å². The van der Waals surface area contributed by atoms with Gasteiger partial charge in [-0.2, -0.15) is 0 Å². The molecule has 0 aliphatic heterocycles. The molecule has 7 heteroatoms. The highest BCUT2D eigenvalue weighted by Crippen LogP contribution is 2.29. The van der Waals surface area contributed by atoms with E-state index in [-0.39, 0.29) is 28.3 Å². The number of non-ortho nitro benzene ring substituents is 1. The predicted octanol–water partition coefficient (Wildman–Crippen LogP) is 1.48. The van der Waals surface area contributed by atoms with Crippen LogP contribution in [0.25, 0.3) is 0 Å². The molecule has 98 valence electrons. The number of rotatable bonds is 3. The minimum atomic E-state index is -0.639. The van der Waals surface area contributed by atoms with Crippen LogP contribution in [-0.2, 0) is 9.47 Å². The lowest BCUT2D eigenvalue weighted by molar-refractivity contribution is -0.384. The quantitative estimate of drug-likeness (QED) is 0.605. The summed E-state index contributed by atoms with van der Waals surface area (Å²) in [6, 6.07) is 3.45. The number of nitrogens with zero attached hydrogens (tertiary/aromatic N) is 1. The first kappa shape index (κ1) is 12.7. The maximum atomic E-state index is 12.1. The molecule has 19 heavy (non-hydrogen) atoms. The summed E-state index contributed by atoms with van der Waals surface area (Å²) in [4.78, 5) is 34.2. The summed E-state index contributed by atoms with van der Waals surface area (Å²) in [5.41, 5.74) is -0.263. The molecule has 0 saturated carbocycles. The minimum absolute atomic E-state index is 0.0585. The lowest BCUT2D eigenvalue weighted by Crippen LogP contribution is -2.24. The number of nitro groups is 1. The van der Waals surface area contributed by atoms with Crippen LogP contribution in [0.1, 0.15) is 20.7 Å². The SMILES string of the molecule is COC1=C(OC)C(=O)c2cc([N+](=O)[O-])ccc2C1=O. The summed E-state index contributed by atoms with van der Waals surface area (Å²) in [6.45, 7) is 0. The van der Waals surface area contributed by atoms with E-state index in [9.17, 15) is 19.7 Å². The molecule has 0 spiro atoms. The van der Waals surface area contributed by atoms with Gasteiger partial charge in [-0.1, -0.05) is 0 Å². The Morgan fingerprint density at radius 3 is 2.00 bits per heavy atom. The average Bonchev–Trinajstić information content (AvgIpc) is 2.41. The molecule has 0 atom stereocenters. The van der Waals surface area contributed by atoms with Gasteiger partial charge in [0, 0.05) is 23.3 Å². The van der Waals surface area contributed by atoms with Gasteiger partial charge in [0.15, 0.2) is 0 Å². The van der Waals surface area contributed by atoms with Crippen LogP contribution < -0.4 is 0 Å². The number of carbonyl (C=O) groups is 2. The van der Waals surface area contributed by atoms with Crippen molar-refractivity contribution in [2.24, 2.45) is 0 Å². The van der Waals surface area contributed by atoms with E-state index in [1.54, 1.807) is 0 Å². The third-order valence-electron chi connectivity index (χ3n) is 2.73. The molecule has 0 aromatic heterocycles. The molecule has 2 rings (SSSR count). The fourth-order valence-electron chi connectivity index (χ4n) is 1.85. The van der Waals surface area contributed by atoms with Gasteiger partial charge in [-0.15, -0.1) is 0 Å². The van der Waals surface area contributed by atoms with Crippen LogP contribution in [0, 0.1) is 10.1 Å². The van der Waals surface area contributed by atoms with Gasteiger partial charge in [-0.3, -0.25) is 19.7 Å². The number of nitro benzene ring substituents is 1. The second-order valence-electron chi connectivity index (χ2n) is 3.71. The Labute approximate surface area is 107 Å². The van der Waals surface area contributed by atoms with Crippen molar-refractivity contribution >= 4 is 17.3 Å². The fourth-order valence-corrected chi connectivity index (χ4v) is 1.85. The number of methoxy groups -OCH3 is 2. The number of Topliss-reactive ketones (excluding diaryl/α,β-unsaturated/α-hetero) is 2. The number of ketones is 2. The Bertz CT molecular complexity index is 631. The number of ether oxygens (including phenoxy) is 2. The molecule has 0 fully saturated rings. The Kier molecular flexibility index (Phi) is 3.04. The van der Waals surface area contributed by atoms with E-state index in [0.29, 0.717) is 0 Å². The van der Waals surface area contributed by atoms with Crippen molar-refractivity contribution in [2.75, 3.05) is 14.2 Å². The van der Waals surface area contributed by atoms with Gasteiger partial charge in [0.1, 0.15) is 0 Å². The van der Waals surface area contributed by atoms with Crippen molar-refractivity contribution < 1.29 is 24.0 Å². The summed E-state index contributed by atoms with van der Waals surface area (Å²) < 4.78 is 9.71. The van der Waals surface area contributed by atoms with Crippen molar-refractivity contribution in [3.63, 3.8) is 0 Å². The second-order valence-corrected chi connectivity index (χ2v) is 3.71. The highest BCUT2D eigenvalue weighted by molar-refractivity contribution is 6.25. The van der Waals surface area contributed by atoms with Gasteiger partial charge in [0.05, 0.1) is 19.1 Å². The number of allylic oxidation sites excluding steroid dienone is 2. The zero-order valence-electron chi connectivity index (χ0n) is 10.1. The van der Waals surface area contributed by atoms with Gasteiger partial charge in [-0.05, 0) is 6.07 Å². The molecule has 0 heterocycles. The zero-order chi connectivity index (χ0) is 14.2. The van der Waals surface area contributed by atoms with Gasteiger partial charge < -0.3 is 9.47 Å². The van der Waals surface area contributed by atoms with E-state index in [0.717, 1.165) is 12.1 Å². The van der Waals surface area contributed by atoms with Gasteiger partial charge in [0.25, 0.3) is 5.69 Å². The van der Waals surface area contributed by atoms with Gasteiger partial charge in [-0.25, -0.2) is 0 Å². The number of benzene rings is 1. The van der Waals surface area contributed by atoms with E-state index in [4.69, 9.17) is 9.47 Å². The Morgan fingerprint density at radius 2 is 1.53 bits per heavy atom. The summed E-state index contributed by atoms with van der Waals surface area (Å²) in [5.74, 6) is -1.60. The number of hydrogen-bond acceptors (Lipinski definition) is 6. The predicted molar refractivity (Wildman–Crippen MR) is 62.8 cm³/mol. The molecule has 0 bridgehead atoms. The molecule has 1 aliphatic carbocycles. The van der Waals surface area contributed by atoms with Crippen molar-refractivity contribution in [3.05, 3.63) is 51.0 Å². The van der Waals surface area contributed by atoms with E-state index < -0.39 is 16.5 Å². The largest absolute Gasteiger partial charge is 0.489 e. The highest BCUT2D eigenvalue weighted by atomic mass is 16.6. The van der Waals surface area contributed by atoms with Crippen LogP contribution in [0.4, 0.5) is 5.69 Å². The van der Waals surface area contributed by atoms with E-state index in [1.807, 2.05) is 0 Å². The van der Waals surface area contributed by atoms with Crippen LogP contribution in [0.3, 0.4) is 0 Å².